The maximum atomic E-state index is 12.1. The quantitative estimate of drug-likeness (QED) is 0.617. The van der Waals surface area contributed by atoms with Gasteiger partial charge in [0.25, 0.3) is 5.91 Å². The summed E-state index contributed by atoms with van der Waals surface area (Å²) in [7, 11) is 1.61. The van der Waals surface area contributed by atoms with Crippen LogP contribution in [0.3, 0.4) is 0 Å². The van der Waals surface area contributed by atoms with Gasteiger partial charge in [0, 0.05) is 7.11 Å². The van der Waals surface area contributed by atoms with Gasteiger partial charge in [0.2, 0.25) is 0 Å². The highest BCUT2D eigenvalue weighted by molar-refractivity contribution is 8.26. The molecule has 1 fully saturated rings. The van der Waals surface area contributed by atoms with Crippen LogP contribution in [0.25, 0.3) is 6.08 Å². The molecule has 0 unspecified atom stereocenters. The van der Waals surface area contributed by atoms with Gasteiger partial charge >= 0.3 is 0 Å². The molecule has 1 aliphatic heterocycles. The summed E-state index contributed by atoms with van der Waals surface area (Å²) in [5, 5.41) is 0. The largest absolute Gasteiger partial charge is 0.383 e. The molecule has 0 saturated carbocycles. The Morgan fingerprint density at radius 3 is 2.80 bits per heavy atom. The average molecular weight is 305 g/mol. The van der Waals surface area contributed by atoms with E-state index in [1.54, 1.807) is 18.1 Å². The van der Waals surface area contributed by atoms with Crippen molar-refractivity contribution in [2.45, 2.75) is 0 Å². The van der Waals surface area contributed by atoms with Gasteiger partial charge in [0.05, 0.1) is 18.1 Å². The first kappa shape index (κ1) is 15.0. The number of benzene rings is 1. The first-order valence-electron chi connectivity index (χ1n) is 6.18. The summed E-state index contributed by atoms with van der Waals surface area (Å²) in [5.74, 6) is -0.0465. The van der Waals surface area contributed by atoms with E-state index in [1.165, 1.54) is 11.8 Å². The molecule has 3 nitrogen and oxygen atoms in total. The number of hydrogen-bond donors (Lipinski definition) is 0. The fourth-order valence-electron chi connectivity index (χ4n) is 1.70. The topological polar surface area (TPSA) is 29.5 Å². The molecule has 0 N–H and O–H groups in total. The molecule has 0 bridgehead atoms. The van der Waals surface area contributed by atoms with Crippen LogP contribution in [0.4, 0.5) is 0 Å². The molecule has 20 heavy (non-hydrogen) atoms. The number of thioether (sulfide) groups is 1. The van der Waals surface area contributed by atoms with Gasteiger partial charge in [-0.2, -0.15) is 0 Å². The summed E-state index contributed by atoms with van der Waals surface area (Å²) < 4.78 is 5.57. The number of ether oxygens (including phenoxy) is 1. The average Bonchev–Trinajstić information content (AvgIpc) is 2.73. The van der Waals surface area contributed by atoms with Gasteiger partial charge in [-0.05, 0) is 11.6 Å². The summed E-state index contributed by atoms with van der Waals surface area (Å²) in [5.41, 5.74) is 1.10. The van der Waals surface area contributed by atoms with E-state index < -0.39 is 0 Å². The predicted octanol–water partition coefficient (Wildman–Crippen LogP) is 3.09. The number of rotatable bonds is 5. The van der Waals surface area contributed by atoms with Gasteiger partial charge in [0.15, 0.2) is 0 Å². The van der Waals surface area contributed by atoms with Gasteiger partial charge in [-0.1, -0.05) is 66.5 Å². The Hall–Kier alpha value is -1.43. The zero-order valence-corrected chi connectivity index (χ0v) is 12.7. The summed E-state index contributed by atoms with van der Waals surface area (Å²) in [6.45, 7) is 0.987. The molecular formula is C15H15NO2S2. The van der Waals surface area contributed by atoms with Crippen LogP contribution in [0.2, 0.25) is 0 Å². The number of amides is 1. The molecule has 1 amide bonds. The number of thiocarbonyl (C=S) groups is 1. The third kappa shape index (κ3) is 3.79. The lowest BCUT2D eigenvalue weighted by atomic mass is 10.2. The maximum absolute atomic E-state index is 12.1. The molecule has 2 rings (SSSR count). The molecule has 104 valence electrons. The van der Waals surface area contributed by atoms with Crippen molar-refractivity contribution in [1.29, 1.82) is 0 Å². The van der Waals surface area contributed by atoms with Crippen LogP contribution < -0.4 is 0 Å². The van der Waals surface area contributed by atoms with Gasteiger partial charge in [-0.3, -0.25) is 9.69 Å². The molecule has 5 heteroatoms. The van der Waals surface area contributed by atoms with Crippen LogP contribution in [0.15, 0.2) is 47.4 Å². The van der Waals surface area contributed by atoms with Gasteiger partial charge in [-0.25, -0.2) is 0 Å². The van der Waals surface area contributed by atoms with Crippen LogP contribution >= 0.6 is 24.0 Å². The normalized spacial score (nSPS) is 17.6. The van der Waals surface area contributed by atoms with Crippen molar-refractivity contribution in [1.82, 2.24) is 4.90 Å². The molecule has 1 saturated heterocycles. The lowest BCUT2D eigenvalue weighted by Gasteiger charge is -2.12. The van der Waals surface area contributed by atoms with Crippen molar-refractivity contribution in [2.75, 3.05) is 20.3 Å². The molecule has 1 heterocycles. The first-order valence-corrected chi connectivity index (χ1v) is 7.41. The van der Waals surface area contributed by atoms with Gasteiger partial charge < -0.3 is 4.74 Å². The van der Waals surface area contributed by atoms with E-state index in [9.17, 15) is 4.79 Å². The Morgan fingerprint density at radius 1 is 1.35 bits per heavy atom. The second kappa shape index (κ2) is 7.38. The van der Waals surface area contributed by atoms with E-state index in [-0.39, 0.29) is 5.91 Å². The summed E-state index contributed by atoms with van der Waals surface area (Å²) >= 11 is 6.53. The predicted molar refractivity (Wildman–Crippen MR) is 87.3 cm³/mol. The SMILES string of the molecule is COCCN1C(=O)C(=CC=Cc2ccccc2)SC1=S. The zero-order valence-electron chi connectivity index (χ0n) is 11.1. The van der Waals surface area contributed by atoms with Crippen LogP contribution in [0.1, 0.15) is 5.56 Å². The van der Waals surface area contributed by atoms with Crippen LogP contribution in [-0.2, 0) is 9.53 Å². The monoisotopic (exact) mass is 305 g/mol. The minimum Gasteiger partial charge on any atom is -0.383 e. The number of nitrogens with zero attached hydrogens (tertiary/aromatic N) is 1. The minimum absolute atomic E-state index is 0.0465. The molecular weight excluding hydrogens is 290 g/mol. The van der Waals surface area contributed by atoms with Crippen molar-refractivity contribution >= 4 is 40.3 Å². The number of hydrogen-bond acceptors (Lipinski definition) is 4. The molecule has 0 aromatic heterocycles. The number of allylic oxidation sites excluding steroid dienone is 2. The van der Waals surface area contributed by atoms with Crippen molar-refractivity contribution in [3.8, 4) is 0 Å². The minimum atomic E-state index is -0.0465. The van der Waals surface area contributed by atoms with E-state index in [4.69, 9.17) is 17.0 Å². The number of methoxy groups -OCH3 is 1. The van der Waals surface area contributed by atoms with Crippen LogP contribution in [0, 0.1) is 0 Å². The maximum Gasteiger partial charge on any atom is 0.266 e. The number of carbonyl (C=O) groups is 1. The molecule has 0 aliphatic carbocycles. The van der Waals surface area contributed by atoms with Crippen molar-refractivity contribution < 1.29 is 9.53 Å². The lowest BCUT2D eigenvalue weighted by molar-refractivity contribution is -0.122. The van der Waals surface area contributed by atoms with Crippen LogP contribution in [-0.4, -0.2) is 35.4 Å². The van der Waals surface area contributed by atoms with Gasteiger partial charge in [-0.15, -0.1) is 0 Å². The van der Waals surface area contributed by atoms with E-state index in [2.05, 4.69) is 0 Å². The Morgan fingerprint density at radius 2 is 2.10 bits per heavy atom. The van der Waals surface area contributed by atoms with Crippen LogP contribution in [0.5, 0.6) is 0 Å². The highest BCUT2D eigenvalue weighted by atomic mass is 32.2. The van der Waals surface area contributed by atoms with Gasteiger partial charge in [0.1, 0.15) is 4.32 Å². The van der Waals surface area contributed by atoms with Crippen molar-refractivity contribution in [3.05, 3.63) is 53.0 Å². The zero-order chi connectivity index (χ0) is 14.4. The fraction of sp³-hybridized carbons (Fsp3) is 0.200. The smallest absolute Gasteiger partial charge is 0.266 e. The summed E-state index contributed by atoms with van der Waals surface area (Å²) in [6, 6.07) is 9.94. The molecule has 0 atom stereocenters. The fourth-order valence-corrected chi connectivity index (χ4v) is 2.96. The standard InChI is InChI=1S/C15H15NO2S2/c1-18-11-10-16-14(17)13(20-15(16)19)9-5-8-12-6-3-2-4-7-12/h2-9H,10-11H2,1H3. The van der Waals surface area contributed by atoms with Crippen molar-refractivity contribution in [3.63, 3.8) is 0 Å². The second-order valence-electron chi connectivity index (χ2n) is 4.12. The lowest BCUT2D eigenvalue weighted by Crippen LogP contribution is -2.31. The Bertz CT molecular complexity index is 552. The highest BCUT2D eigenvalue weighted by Gasteiger charge is 2.30. The number of carbonyl (C=O) groups excluding carboxylic acids is 1. The molecule has 0 radical (unpaired) electrons. The summed E-state index contributed by atoms with van der Waals surface area (Å²) in [4.78, 5) is 14.4. The molecule has 1 aromatic carbocycles. The Balaban J connectivity index is 2.03. The third-order valence-electron chi connectivity index (χ3n) is 2.73. The Labute approximate surface area is 128 Å². The van der Waals surface area contributed by atoms with E-state index in [1.807, 2.05) is 42.5 Å². The third-order valence-corrected chi connectivity index (χ3v) is 4.12. The van der Waals surface area contributed by atoms with E-state index >= 15 is 0 Å². The summed E-state index contributed by atoms with van der Waals surface area (Å²) in [6.07, 6.45) is 5.64. The first-order chi connectivity index (χ1) is 9.72. The second-order valence-corrected chi connectivity index (χ2v) is 5.79. The highest BCUT2D eigenvalue weighted by Crippen LogP contribution is 2.30. The van der Waals surface area contributed by atoms with Crippen molar-refractivity contribution in [2.24, 2.45) is 0 Å². The molecule has 1 aliphatic rings. The van der Waals surface area contributed by atoms with E-state index in [0.29, 0.717) is 22.4 Å². The Kier molecular flexibility index (Phi) is 5.52. The molecule has 0 spiro atoms. The van der Waals surface area contributed by atoms with E-state index in [0.717, 1.165) is 5.56 Å². The molecule has 1 aromatic rings.